The normalized spacial score (nSPS) is 20.1. The first-order valence-corrected chi connectivity index (χ1v) is 11.6. The minimum absolute atomic E-state index is 0.00685. The third-order valence-corrected chi connectivity index (χ3v) is 7.04. The van der Waals surface area contributed by atoms with Crippen molar-refractivity contribution < 1.29 is 14.3 Å². The molecular weight excluding hydrogens is 484 g/mol. The number of carbonyl (C=O) groups is 2. The van der Waals surface area contributed by atoms with Gasteiger partial charge in [0.1, 0.15) is 0 Å². The summed E-state index contributed by atoms with van der Waals surface area (Å²) in [6.45, 7) is 2.10. The minimum Gasteiger partial charge on any atom is -0.381 e. The minimum atomic E-state index is -0.00685. The molecule has 1 aliphatic carbocycles. The number of ether oxygens (including phenoxy) is 1. The summed E-state index contributed by atoms with van der Waals surface area (Å²) < 4.78 is 7.85. The van der Waals surface area contributed by atoms with Crippen molar-refractivity contribution in [3.8, 4) is 0 Å². The molecule has 5 rings (SSSR count). The van der Waals surface area contributed by atoms with Crippen LogP contribution in [0.2, 0.25) is 5.02 Å². The number of amides is 1. The molecule has 1 atom stereocenters. The van der Waals surface area contributed by atoms with Crippen LogP contribution in [-0.2, 0) is 23.0 Å². The highest BCUT2D eigenvalue weighted by atomic mass is 79.9. The van der Waals surface area contributed by atoms with Crippen LogP contribution in [0.25, 0.3) is 0 Å². The van der Waals surface area contributed by atoms with Gasteiger partial charge < -0.3 is 15.0 Å². The smallest absolute Gasteiger partial charge is 0.228 e. The van der Waals surface area contributed by atoms with Crippen LogP contribution in [0, 0.1) is 5.92 Å². The largest absolute Gasteiger partial charge is 0.381 e. The number of likely N-dealkylation sites (tertiary alicyclic amines) is 1. The summed E-state index contributed by atoms with van der Waals surface area (Å²) in [6, 6.07) is 5.66. The first kappa shape index (κ1) is 22.3. The van der Waals surface area contributed by atoms with Crippen LogP contribution >= 0.6 is 27.5 Å². The highest BCUT2D eigenvalue weighted by Gasteiger charge is 2.37. The van der Waals surface area contributed by atoms with Crippen molar-refractivity contribution in [2.75, 3.05) is 32.1 Å². The molecule has 31 heavy (non-hydrogen) atoms. The SMILES string of the molecule is COC1CN(C(=O)C2CNc3c(Br)nn(C)c3C2)C1.O=Cc1c(Cl)cccc1C1CC1. The molecule has 1 aromatic carbocycles. The fourth-order valence-electron chi connectivity index (χ4n) is 4.09. The third-order valence-electron chi connectivity index (χ3n) is 6.15. The van der Waals surface area contributed by atoms with E-state index in [-0.39, 0.29) is 17.9 Å². The molecule has 3 aliphatic rings. The number of hydrogen-bond donors (Lipinski definition) is 1. The number of aryl methyl sites for hydroxylation is 1. The lowest BCUT2D eigenvalue weighted by molar-refractivity contribution is -0.147. The molecule has 1 aromatic heterocycles. The molecule has 2 aromatic rings. The van der Waals surface area contributed by atoms with Gasteiger partial charge in [0.2, 0.25) is 5.91 Å². The zero-order valence-corrected chi connectivity index (χ0v) is 19.9. The molecule has 166 valence electrons. The van der Waals surface area contributed by atoms with Crippen LogP contribution in [0.3, 0.4) is 0 Å². The van der Waals surface area contributed by atoms with Gasteiger partial charge >= 0.3 is 0 Å². The summed E-state index contributed by atoms with van der Waals surface area (Å²) in [4.78, 5) is 24.9. The number of methoxy groups -OCH3 is 1. The highest BCUT2D eigenvalue weighted by Crippen LogP contribution is 2.42. The van der Waals surface area contributed by atoms with E-state index in [1.807, 2.05) is 28.8 Å². The van der Waals surface area contributed by atoms with Gasteiger partial charge in [-0.25, -0.2) is 0 Å². The molecule has 1 N–H and O–H groups in total. The third kappa shape index (κ3) is 4.66. The van der Waals surface area contributed by atoms with E-state index in [9.17, 15) is 9.59 Å². The fraction of sp³-hybridized carbons (Fsp3) is 0.500. The molecule has 3 heterocycles. The van der Waals surface area contributed by atoms with Gasteiger partial charge in [-0.3, -0.25) is 14.3 Å². The Balaban J connectivity index is 0.000000166. The van der Waals surface area contributed by atoms with Gasteiger partial charge in [-0.15, -0.1) is 0 Å². The molecule has 1 saturated heterocycles. The van der Waals surface area contributed by atoms with Gasteiger partial charge in [0.05, 0.1) is 28.4 Å². The van der Waals surface area contributed by atoms with E-state index >= 15 is 0 Å². The lowest BCUT2D eigenvalue weighted by Crippen LogP contribution is -2.57. The van der Waals surface area contributed by atoms with Crippen molar-refractivity contribution >= 4 is 45.4 Å². The van der Waals surface area contributed by atoms with E-state index in [2.05, 4.69) is 26.3 Å². The Bertz CT molecular complexity index is 985. The molecule has 7 nitrogen and oxygen atoms in total. The van der Waals surface area contributed by atoms with E-state index in [1.165, 1.54) is 12.8 Å². The van der Waals surface area contributed by atoms with Crippen molar-refractivity contribution in [3.05, 3.63) is 44.6 Å². The van der Waals surface area contributed by atoms with Gasteiger partial charge in [0.15, 0.2) is 10.9 Å². The second-order valence-corrected chi connectivity index (χ2v) is 9.41. The van der Waals surface area contributed by atoms with Crippen LogP contribution in [0.1, 0.15) is 40.4 Å². The Morgan fingerprint density at radius 3 is 2.74 bits per heavy atom. The molecular formula is C22H26BrClN4O3. The number of nitrogens with zero attached hydrogens (tertiary/aromatic N) is 3. The first-order chi connectivity index (χ1) is 14.9. The molecule has 2 aliphatic heterocycles. The zero-order chi connectivity index (χ0) is 22.1. The van der Waals surface area contributed by atoms with Crippen LogP contribution in [0.15, 0.2) is 22.8 Å². The number of nitrogens with one attached hydrogen (secondary N) is 1. The molecule has 1 unspecified atom stereocenters. The fourth-order valence-corrected chi connectivity index (χ4v) is 4.92. The average molecular weight is 510 g/mol. The standard InChI is InChI=1S/C12H17BrN4O2.C10H9ClO/c1-16-9-3-7(4-14-10(9)11(13)15-16)12(18)17-5-8(6-17)19-2;11-10-3-1-2-8(7-4-5-7)9(10)6-12/h7-8,14H,3-6H2,1-2H3;1-3,6-7H,4-5H2. The summed E-state index contributed by atoms with van der Waals surface area (Å²) in [7, 11) is 3.59. The number of fused-ring (bicyclic) bond motifs is 1. The maximum Gasteiger partial charge on any atom is 0.228 e. The predicted molar refractivity (Wildman–Crippen MR) is 123 cm³/mol. The van der Waals surface area contributed by atoms with Crippen molar-refractivity contribution in [1.29, 1.82) is 0 Å². The Hall–Kier alpha value is -1.90. The number of carbonyl (C=O) groups excluding carboxylic acids is 2. The van der Waals surface area contributed by atoms with Crippen molar-refractivity contribution in [1.82, 2.24) is 14.7 Å². The monoisotopic (exact) mass is 508 g/mol. The van der Waals surface area contributed by atoms with Gasteiger partial charge in [-0.1, -0.05) is 23.7 Å². The summed E-state index contributed by atoms with van der Waals surface area (Å²) in [6.07, 6.45) is 4.20. The summed E-state index contributed by atoms with van der Waals surface area (Å²) >= 11 is 9.29. The summed E-state index contributed by atoms with van der Waals surface area (Å²) in [5.74, 6) is 0.792. The molecule has 2 fully saturated rings. The second-order valence-electron chi connectivity index (χ2n) is 8.25. The molecule has 0 radical (unpaired) electrons. The lowest BCUT2D eigenvalue weighted by atomic mass is 9.95. The maximum absolute atomic E-state index is 12.4. The van der Waals surface area contributed by atoms with E-state index in [1.54, 1.807) is 13.2 Å². The van der Waals surface area contributed by atoms with E-state index in [4.69, 9.17) is 16.3 Å². The van der Waals surface area contributed by atoms with Crippen molar-refractivity contribution in [3.63, 3.8) is 0 Å². The first-order valence-electron chi connectivity index (χ1n) is 10.4. The molecule has 0 bridgehead atoms. The predicted octanol–water partition coefficient (Wildman–Crippen LogP) is 3.65. The molecule has 1 amide bonds. The van der Waals surface area contributed by atoms with Gasteiger partial charge in [0, 0.05) is 45.8 Å². The topological polar surface area (TPSA) is 76.5 Å². The van der Waals surface area contributed by atoms with Crippen molar-refractivity contribution in [2.24, 2.45) is 13.0 Å². The zero-order valence-electron chi connectivity index (χ0n) is 17.6. The Kier molecular flexibility index (Phi) is 6.69. The number of benzene rings is 1. The molecule has 0 spiro atoms. The Labute approximate surface area is 195 Å². The van der Waals surface area contributed by atoms with E-state index in [0.29, 0.717) is 36.1 Å². The quantitative estimate of drug-likeness (QED) is 0.637. The van der Waals surface area contributed by atoms with E-state index in [0.717, 1.165) is 34.3 Å². The number of aromatic nitrogens is 2. The number of hydrogen-bond acceptors (Lipinski definition) is 5. The number of rotatable bonds is 4. The number of halogens is 2. The summed E-state index contributed by atoms with van der Waals surface area (Å²) in [5.41, 5.74) is 3.91. The Morgan fingerprint density at radius 1 is 1.35 bits per heavy atom. The van der Waals surface area contributed by atoms with Crippen molar-refractivity contribution in [2.45, 2.75) is 31.3 Å². The highest BCUT2D eigenvalue weighted by molar-refractivity contribution is 9.10. The Morgan fingerprint density at radius 2 is 2.10 bits per heavy atom. The average Bonchev–Trinajstić information content (AvgIpc) is 3.53. The van der Waals surface area contributed by atoms with Crippen LogP contribution in [0.4, 0.5) is 5.69 Å². The van der Waals surface area contributed by atoms with Crippen LogP contribution < -0.4 is 5.32 Å². The molecule has 9 heteroatoms. The van der Waals surface area contributed by atoms with Gasteiger partial charge in [-0.05, 0) is 46.3 Å². The number of anilines is 1. The van der Waals surface area contributed by atoms with Gasteiger partial charge in [0.25, 0.3) is 0 Å². The summed E-state index contributed by atoms with van der Waals surface area (Å²) in [5, 5.41) is 8.20. The number of aldehydes is 1. The molecule has 1 saturated carbocycles. The van der Waals surface area contributed by atoms with E-state index < -0.39 is 0 Å². The van der Waals surface area contributed by atoms with Crippen LogP contribution in [-0.4, -0.2) is 59.7 Å². The maximum atomic E-state index is 12.4. The second kappa shape index (κ2) is 9.30. The van der Waals surface area contributed by atoms with Crippen LogP contribution in [0.5, 0.6) is 0 Å². The lowest BCUT2D eigenvalue weighted by Gasteiger charge is -2.40. The van der Waals surface area contributed by atoms with Gasteiger partial charge in [-0.2, -0.15) is 5.10 Å².